The molecule has 0 spiro atoms. The lowest BCUT2D eigenvalue weighted by molar-refractivity contribution is -0.114. The van der Waals surface area contributed by atoms with E-state index < -0.39 is 9.04 Å². The number of unbranched alkanes of at least 4 members (excludes halogenated alkanes) is 1. The molecule has 2 nitrogen and oxygen atoms in total. The first kappa shape index (κ1) is 10.8. The summed E-state index contributed by atoms with van der Waals surface area (Å²) in [6, 6.07) is 0. The molecule has 1 atom stereocenters. The van der Waals surface area contributed by atoms with E-state index in [2.05, 4.69) is 20.0 Å². The van der Waals surface area contributed by atoms with Gasteiger partial charge in [-0.25, -0.2) is 0 Å². The standard InChI is InChI=1S/C8H18O2Si/c1-4-5-6-8(7-9)10-11(2)3/h7-8,11H,4-6H2,1-3H3. The van der Waals surface area contributed by atoms with Crippen molar-refractivity contribution in [1.29, 1.82) is 0 Å². The zero-order valence-electron chi connectivity index (χ0n) is 7.67. The van der Waals surface area contributed by atoms with Crippen molar-refractivity contribution in [2.24, 2.45) is 0 Å². The van der Waals surface area contributed by atoms with Crippen LogP contribution in [0, 0.1) is 0 Å². The Bertz CT molecular complexity index is 104. The highest BCUT2D eigenvalue weighted by molar-refractivity contribution is 6.48. The first-order chi connectivity index (χ1) is 5.20. The van der Waals surface area contributed by atoms with Crippen LogP contribution in [0.3, 0.4) is 0 Å². The molecular weight excluding hydrogens is 156 g/mol. The topological polar surface area (TPSA) is 26.3 Å². The normalized spacial score (nSPS) is 13.5. The van der Waals surface area contributed by atoms with Crippen LogP contribution in [-0.4, -0.2) is 21.4 Å². The minimum Gasteiger partial charge on any atom is -0.411 e. The molecule has 0 aromatic rings. The third-order valence-electron chi connectivity index (χ3n) is 1.44. The molecule has 66 valence electrons. The predicted octanol–water partition coefficient (Wildman–Crippen LogP) is 1.74. The molecule has 0 aromatic carbocycles. The fourth-order valence-corrected chi connectivity index (χ4v) is 1.82. The summed E-state index contributed by atoms with van der Waals surface area (Å²) in [6.45, 7) is 6.29. The summed E-state index contributed by atoms with van der Waals surface area (Å²) in [4.78, 5) is 10.4. The molecule has 3 heteroatoms. The van der Waals surface area contributed by atoms with Crippen molar-refractivity contribution in [1.82, 2.24) is 0 Å². The maximum Gasteiger partial charge on any atom is 0.171 e. The number of aldehydes is 1. The zero-order valence-corrected chi connectivity index (χ0v) is 8.82. The van der Waals surface area contributed by atoms with Gasteiger partial charge in [-0.3, -0.25) is 0 Å². The van der Waals surface area contributed by atoms with E-state index in [1.807, 2.05) is 0 Å². The number of carbonyl (C=O) groups excluding carboxylic acids is 1. The molecule has 0 bridgehead atoms. The van der Waals surface area contributed by atoms with Crippen LogP contribution in [0.1, 0.15) is 26.2 Å². The third-order valence-corrected chi connectivity index (χ3v) is 2.33. The van der Waals surface area contributed by atoms with Crippen LogP contribution in [0.15, 0.2) is 0 Å². The highest BCUT2D eigenvalue weighted by atomic mass is 28.3. The van der Waals surface area contributed by atoms with Crippen LogP contribution >= 0.6 is 0 Å². The van der Waals surface area contributed by atoms with Crippen LogP contribution in [0.4, 0.5) is 0 Å². The Kier molecular flexibility index (Phi) is 6.46. The van der Waals surface area contributed by atoms with Gasteiger partial charge >= 0.3 is 0 Å². The maximum atomic E-state index is 10.4. The summed E-state index contributed by atoms with van der Waals surface area (Å²) in [5.74, 6) is 0. The second-order valence-electron chi connectivity index (χ2n) is 3.00. The number of rotatable bonds is 6. The summed E-state index contributed by atoms with van der Waals surface area (Å²) >= 11 is 0. The van der Waals surface area contributed by atoms with E-state index in [-0.39, 0.29) is 6.10 Å². The first-order valence-corrected chi connectivity index (χ1v) is 7.09. The molecule has 0 saturated heterocycles. The smallest absolute Gasteiger partial charge is 0.171 e. The van der Waals surface area contributed by atoms with Crippen molar-refractivity contribution >= 4 is 15.3 Å². The van der Waals surface area contributed by atoms with Gasteiger partial charge in [0.05, 0.1) is 0 Å². The summed E-state index contributed by atoms with van der Waals surface area (Å²) in [5, 5.41) is 0. The van der Waals surface area contributed by atoms with Crippen LogP contribution in [0.25, 0.3) is 0 Å². The quantitative estimate of drug-likeness (QED) is 0.453. The molecule has 0 rings (SSSR count). The fourth-order valence-electron chi connectivity index (χ4n) is 0.923. The van der Waals surface area contributed by atoms with E-state index in [9.17, 15) is 4.79 Å². The molecule has 0 fully saturated rings. The molecule has 0 radical (unpaired) electrons. The minimum absolute atomic E-state index is 0.124. The van der Waals surface area contributed by atoms with Crippen LogP contribution in [0.2, 0.25) is 13.1 Å². The largest absolute Gasteiger partial charge is 0.411 e. The second kappa shape index (κ2) is 6.55. The van der Waals surface area contributed by atoms with E-state index in [1.165, 1.54) is 0 Å². The number of hydrogen-bond donors (Lipinski definition) is 0. The van der Waals surface area contributed by atoms with Gasteiger partial charge < -0.3 is 9.22 Å². The highest BCUT2D eigenvalue weighted by Gasteiger charge is 2.08. The van der Waals surface area contributed by atoms with Gasteiger partial charge in [-0.2, -0.15) is 0 Å². The van der Waals surface area contributed by atoms with Crippen LogP contribution in [0.5, 0.6) is 0 Å². The molecule has 0 aliphatic rings. The van der Waals surface area contributed by atoms with Crippen molar-refractivity contribution in [3.63, 3.8) is 0 Å². The lowest BCUT2D eigenvalue weighted by atomic mass is 10.2. The zero-order chi connectivity index (χ0) is 8.69. The number of carbonyl (C=O) groups is 1. The Hall–Kier alpha value is -0.153. The van der Waals surface area contributed by atoms with E-state index in [1.54, 1.807) is 0 Å². The first-order valence-electron chi connectivity index (χ1n) is 4.31. The van der Waals surface area contributed by atoms with Gasteiger partial charge in [-0.15, -0.1) is 0 Å². The molecule has 0 heterocycles. The molecular formula is C8H18O2Si. The van der Waals surface area contributed by atoms with Crippen molar-refractivity contribution < 1.29 is 9.22 Å². The molecule has 0 aromatic heterocycles. The lowest BCUT2D eigenvalue weighted by Gasteiger charge is -2.13. The number of hydrogen-bond acceptors (Lipinski definition) is 2. The SMILES string of the molecule is CCCCC(C=O)O[SiH](C)C. The minimum atomic E-state index is -1.02. The average molecular weight is 174 g/mol. The molecule has 0 amide bonds. The van der Waals surface area contributed by atoms with Gasteiger partial charge in [0.1, 0.15) is 12.4 Å². The van der Waals surface area contributed by atoms with Gasteiger partial charge in [-0.1, -0.05) is 19.8 Å². The Balaban J connectivity index is 3.49. The Morgan fingerprint density at radius 2 is 2.18 bits per heavy atom. The third kappa shape index (κ3) is 6.25. The van der Waals surface area contributed by atoms with E-state index in [0.29, 0.717) is 0 Å². The highest BCUT2D eigenvalue weighted by Crippen LogP contribution is 2.03. The fraction of sp³-hybridized carbons (Fsp3) is 0.875. The maximum absolute atomic E-state index is 10.4. The van der Waals surface area contributed by atoms with Crippen molar-refractivity contribution in [2.45, 2.75) is 45.4 Å². The van der Waals surface area contributed by atoms with Crippen LogP contribution in [-0.2, 0) is 9.22 Å². The lowest BCUT2D eigenvalue weighted by Crippen LogP contribution is -2.21. The Morgan fingerprint density at radius 1 is 1.55 bits per heavy atom. The summed E-state index contributed by atoms with van der Waals surface area (Å²) in [6.07, 6.45) is 3.92. The van der Waals surface area contributed by atoms with Gasteiger partial charge in [0.15, 0.2) is 9.04 Å². The molecule has 0 aliphatic carbocycles. The second-order valence-corrected chi connectivity index (χ2v) is 5.37. The van der Waals surface area contributed by atoms with E-state index in [0.717, 1.165) is 25.5 Å². The van der Waals surface area contributed by atoms with Crippen LogP contribution < -0.4 is 0 Å². The molecule has 0 saturated carbocycles. The van der Waals surface area contributed by atoms with Gasteiger partial charge in [0.2, 0.25) is 0 Å². The summed E-state index contributed by atoms with van der Waals surface area (Å²) in [5.41, 5.74) is 0. The molecule has 11 heavy (non-hydrogen) atoms. The summed E-state index contributed by atoms with van der Waals surface area (Å²) < 4.78 is 5.47. The molecule has 0 aliphatic heterocycles. The Morgan fingerprint density at radius 3 is 2.55 bits per heavy atom. The van der Waals surface area contributed by atoms with Crippen molar-refractivity contribution in [3.8, 4) is 0 Å². The predicted molar refractivity (Wildman–Crippen MR) is 49.3 cm³/mol. The van der Waals surface area contributed by atoms with Gasteiger partial charge in [-0.05, 0) is 19.5 Å². The Labute approximate surface area is 70.7 Å². The summed E-state index contributed by atoms with van der Waals surface area (Å²) in [7, 11) is -1.02. The van der Waals surface area contributed by atoms with E-state index in [4.69, 9.17) is 4.43 Å². The van der Waals surface area contributed by atoms with Gasteiger partial charge in [0.25, 0.3) is 0 Å². The van der Waals surface area contributed by atoms with Crippen molar-refractivity contribution in [2.75, 3.05) is 0 Å². The van der Waals surface area contributed by atoms with Gasteiger partial charge in [0, 0.05) is 0 Å². The monoisotopic (exact) mass is 174 g/mol. The average Bonchev–Trinajstić information content (AvgIpc) is 1.97. The van der Waals surface area contributed by atoms with Crippen molar-refractivity contribution in [3.05, 3.63) is 0 Å². The molecule has 0 N–H and O–H groups in total. The molecule has 1 unspecified atom stereocenters. The van der Waals surface area contributed by atoms with E-state index >= 15 is 0 Å².